The zero-order chi connectivity index (χ0) is 5.21. The average Bonchev–Trinajstić information content (AvgIpc) is 1.35. The summed E-state index contributed by atoms with van der Waals surface area (Å²) in [6, 6.07) is 0. The van der Waals surface area contributed by atoms with E-state index in [4.69, 9.17) is 9.79 Å². The lowest BCUT2D eigenvalue weighted by atomic mass is 15.8. The Morgan fingerprint density at radius 3 is 1.67 bits per heavy atom. The van der Waals surface area contributed by atoms with E-state index in [-0.39, 0.29) is 0 Å². The van der Waals surface area contributed by atoms with Crippen LogP contribution in [0.2, 0.25) is 0 Å². The Hall–Kier alpha value is 0.250. The van der Waals surface area contributed by atoms with Crippen molar-refractivity contribution >= 4 is 15.4 Å². The highest BCUT2D eigenvalue weighted by Crippen LogP contribution is 2.48. The first-order valence-corrected chi connectivity index (χ1v) is 4.37. The molecule has 6 heavy (non-hydrogen) atoms. The van der Waals surface area contributed by atoms with Crippen LogP contribution in [0.5, 0.6) is 0 Å². The van der Waals surface area contributed by atoms with Crippen molar-refractivity contribution < 1.29 is 18.9 Å². The molecular formula is H3O4P2. The minimum absolute atomic E-state index is 1.52. The second kappa shape index (κ2) is 1.80. The quantitative estimate of drug-likeness (QED) is 0.492. The summed E-state index contributed by atoms with van der Waals surface area (Å²) in [4.78, 5) is 15.3. The lowest BCUT2D eigenvalue weighted by Gasteiger charge is -1.83. The molecule has 0 aliphatic carbocycles. The first kappa shape index (κ1) is 6.25. The summed E-state index contributed by atoms with van der Waals surface area (Å²) >= 11 is 0. The molecular weight excluding hydrogens is 126 g/mol. The highest BCUT2D eigenvalue weighted by molar-refractivity contribution is 8.13. The molecule has 0 spiro atoms. The molecule has 0 saturated carbocycles. The second-order valence-corrected chi connectivity index (χ2v) is 4.20. The summed E-state index contributed by atoms with van der Waals surface area (Å²) in [7, 11) is -5.69. The van der Waals surface area contributed by atoms with Gasteiger partial charge in [-0.1, -0.05) is 0 Å². The van der Waals surface area contributed by atoms with Crippen LogP contribution in [0.15, 0.2) is 0 Å². The van der Waals surface area contributed by atoms with Gasteiger partial charge in [-0.15, -0.1) is 0 Å². The molecule has 4 nitrogen and oxygen atoms in total. The summed E-state index contributed by atoms with van der Waals surface area (Å²) in [5.74, 6) is 0. The minimum atomic E-state index is -4.17. The van der Waals surface area contributed by atoms with Gasteiger partial charge in [0.2, 0.25) is 0 Å². The summed E-state index contributed by atoms with van der Waals surface area (Å²) in [5, 5.41) is 0. The predicted octanol–water partition coefficient (Wildman–Crippen LogP) is 0.103. The Morgan fingerprint density at radius 2 is 1.67 bits per heavy atom. The van der Waals surface area contributed by atoms with Gasteiger partial charge in [-0.3, -0.25) is 4.57 Å². The fourth-order valence-electron chi connectivity index (χ4n) is 0. The van der Waals surface area contributed by atoms with Gasteiger partial charge in [-0.05, 0) is 0 Å². The minimum Gasteiger partial charge on any atom is -0.317 e. The highest BCUT2D eigenvalue weighted by atomic mass is 32.1. The van der Waals surface area contributed by atoms with Crippen molar-refractivity contribution in [3.05, 3.63) is 0 Å². The van der Waals surface area contributed by atoms with Crippen LogP contribution in [0.4, 0.5) is 0 Å². The van der Waals surface area contributed by atoms with Crippen LogP contribution in [-0.4, -0.2) is 9.79 Å². The van der Waals surface area contributed by atoms with Crippen molar-refractivity contribution in [1.29, 1.82) is 0 Å². The lowest BCUT2D eigenvalue weighted by Crippen LogP contribution is -1.55. The van der Waals surface area contributed by atoms with E-state index in [9.17, 15) is 9.13 Å². The monoisotopic (exact) mass is 129 g/mol. The molecule has 1 unspecified atom stereocenters. The van der Waals surface area contributed by atoms with Gasteiger partial charge in [0.15, 0.2) is 8.15 Å². The normalized spacial score (nSPS) is 12.3. The van der Waals surface area contributed by atoms with E-state index in [1.807, 2.05) is 0 Å². The van der Waals surface area contributed by atoms with Gasteiger partial charge in [0.25, 0.3) is 0 Å². The second-order valence-electron chi connectivity index (χ2n) is 0.635. The Kier molecular flexibility index (Phi) is 1.88. The fraction of sp³-hybridized carbons (Fsp3) is 0. The molecule has 6 heteroatoms. The molecule has 0 amide bonds. The SMILES string of the molecule is O=[PH]P(=O)(O)O. The van der Waals surface area contributed by atoms with Crippen LogP contribution >= 0.6 is 15.4 Å². The van der Waals surface area contributed by atoms with E-state index in [0.717, 1.165) is 0 Å². The Morgan fingerprint density at radius 1 is 1.50 bits per heavy atom. The Bertz CT molecular complexity index is 87.7. The maximum Gasteiger partial charge on any atom is 0.400 e. The third-order valence-corrected chi connectivity index (χ3v) is 1.07. The van der Waals surface area contributed by atoms with Crippen molar-refractivity contribution in [2.75, 3.05) is 0 Å². The number of hydrogen-bond acceptors (Lipinski definition) is 2. The zero-order valence-electron chi connectivity index (χ0n) is 2.66. The smallest absolute Gasteiger partial charge is 0.317 e. The van der Waals surface area contributed by atoms with Crippen molar-refractivity contribution in [3.8, 4) is 0 Å². The molecule has 0 bridgehead atoms. The van der Waals surface area contributed by atoms with E-state index < -0.39 is 15.4 Å². The molecule has 0 saturated heterocycles. The first-order chi connectivity index (χ1) is 2.56. The third kappa shape index (κ3) is 4.25. The van der Waals surface area contributed by atoms with Crippen molar-refractivity contribution in [1.82, 2.24) is 0 Å². The summed E-state index contributed by atoms with van der Waals surface area (Å²) in [6.45, 7) is 0. The Balaban J connectivity index is 3.81. The molecule has 1 atom stereocenters. The van der Waals surface area contributed by atoms with Crippen molar-refractivity contribution in [2.45, 2.75) is 0 Å². The van der Waals surface area contributed by atoms with E-state index in [2.05, 4.69) is 0 Å². The first-order valence-electron chi connectivity index (χ1n) is 1.01. The molecule has 0 aromatic carbocycles. The maximum absolute atomic E-state index is 9.39. The molecule has 0 heterocycles. The lowest BCUT2D eigenvalue weighted by molar-refractivity contribution is 0.393. The third-order valence-electron chi connectivity index (χ3n) is 0.119. The summed E-state index contributed by atoms with van der Waals surface area (Å²) in [5.41, 5.74) is 0. The van der Waals surface area contributed by atoms with Gasteiger partial charge >= 0.3 is 7.28 Å². The largest absolute Gasteiger partial charge is 0.400 e. The van der Waals surface area contributed by atoms with Crippen molar-refractivity contribution in [2.24, 2.45) is 0 Å². The van der Waals surface area contributed by atoms with Crippen LogP contribution in [0, 0.1) is 0 Å². The zero-order valence-corrected chi connectivity index (χ0v) is 4.55. The molecule has 2 N–H and O–H groups in total. The molecule has 0 aliphatic heterocycles. The molecule has 0 aliphatic rings. The van der Waals surface area contributed by atoms with Gasteiger partial charge in [0, 0.05) is 0 Å². The van der Waals surface area contributed by atoms with Gasteiger partial charge in [0.05, 0.1) is 0 Å². The standard InChI is InChI=1S/H3O4P2/c1-5-6(2,3)4/h5H,(H2,2,3,4). The summed E-state index contributed by atoms with van der Waals surface area (Å²) in [6.07, 6.45) is 0. The van der Waals surface area contributed by atoms with E-state index >= 15 is 0 Å². The van der Waals surface area contributed by atoms with Crippen LogP contribution in [0.3, 0.4) is 0 Å². The number of rotatable bonds is 1. The topological polar surface area (TPSA) is 74.6 Å². The van der Waals surface area contributed by atoms with Crippen molar-refractivity contribution in [3.63, 3.8) is 0 Å². The summed E-state index contributed by atoms with van der Waals surface area (Å²) < 4.78 is 18.6. The Labute approximate surface area is 35.4 Å². The van der Waals surface area contributed by atoms with Gasteiger partial charge in [-0.25, -0.2) is 4.57 Å². The molecule has 0 aromatic heterocycles. The predicted molar refractivity (Wildman–Crippen MR) is 21.0 cm³/mol. The van der Waals surface area contributed by atoms with Gasteiger partial charge in [-0.2, -0.15) is 0 Å². The van der Waals surface area contributed by atoms with Crippen LogP contribution in [0.25, 0.3) is 0 Å². The molecule has 0 fully saturated rings. The fourth-order valence-corrected chi connectivity index (χ4v) is 0. The van der Waals surface area contributed by atoms with E-state index in [0.29, 0.717) is 0 Å². The van der Waals surface area contributed by atoms with E-state index in [1.54, 1.807) is 0 Å². The molecule has 0 rings (SSSR count). The number of hydrogen-bond donors (Lipinski definition) is 2. The van der Waals surface area contributed by atoms with Crippen LogP contribution in [0.1, 0.15) is 0 Å². The molecule has 0 aromatic rings. The molecule has 37 valence electrons. The highest BCUT2D eigenvalue weighted by Gasteiger charge is 2.06. The maximum atomic E-state index is 9.39. The van der Waals surface area contributed by atoms with Gasteiger partial charge in [0.1, 0.15) is 0 Å². The van der Waals surface area contributed by atoms with E-state index in [1.165, 1.54) is 0 Å². The van der Waals surface area contributed by atoms with Crippen LogP contribution < -0.4 is 0 Å². The molecule has 1 radical (unpaired) electrons. The van der Waals surface area contributed by atoms with Crippen LogP contribution in [-0.2, 0) is 9.13 Å². The average molecular weight is 129 g/mol. The van der Waals surface area contributed by atoms with Gasteiger partial charge < -0.3 is 9.79 Å².